The molecule has 0 saturated heterocycles. The van der Waals surface area contributed by atoms with E-state index < -0.39 is 17.6 Å². The molecule has 0 aliphatic rings. The van der Waals surface area contributed by atoms with Crippen molar-refractivity contribution in [3.8, 4) is 17.6 Å². The highest BCUT2D eigenvalue weighted by molar-refractivity contribution is 6.01. The molecule has 0 bridgehead atoms. The van der Waals surface area contributed by atoms with Crippen molar-refractivity contribution in [3.05, 3.63) is 95.3 Å². The Balaban J connectivity index is 1.62. The number of halogens is 1. The number of anilines is 1. The highest BCUT2D eigenvalue weighted by atomic mass is 19.1. The zero-order chi connectivity index (χ0) is 24.3. The molecule has 0 aliphatic heterocycles. The Labute approximate surface area is 196 Å². The van der Waals surface area contributed by atoms with Gasteiger partial charge in [-0.15, -0.1) is 0 Å². The van der Waals surface area contributed by atoms with Crippen LogP contribution < -0.4 is 20.1 Å². The maximum Gasteiger partial charge on any atom is 0.262 e. The fourth-order valence-corrected chi connectivity index (χ4v) is 2.96. The molecule has 0 atom stereocenters. The molecule has 3 aromatic carbocycles. The van der Waals surface area contributed by atoms with Crippen molar-refractivity contribution in [2.45, 2.75) is 6.54 Å². The Kier molecular flexibility index (Phi) is 8.36. The summed E-state index contributed by atoms with van der Waals surface area (Å²) in [6.45, 7) is 0.00301. The summed E-state index contributed by atoms with van der Waals surface area (Å²) in [6.07, 6.45) is 1.44. The highest BCUT2D eigenvalue weighted by Crippen LogP contribution is 2.29. The second-order valence-electron chi connectivity index (χ2n) is 7.09. The van der Waals surface area contributed by atoms with E-state index in [4.69, 9.17) is 9.47 Å². The second kappa shape index (κ2) is 11.8. The molecule has 0 aliphatic carbocycles. The molecule has 0 fully saturated rings. The largest absolute Gasteiger partial charge is 0.493 e. The molecule has 0 radical (unpaired) electrons. The molecule has 172 valence electrons. The van der Waals surface area contributed by atoms with Crippen LogP contribution in [0.15, 0.2) is 78.4 Å². The monoisotopic (exact) mass is 459 g/mol. The SMILES string of the molecule is COc1cc(/C=C(\C#N)C(=O)NCc2ccccc2)ccc1OCC(=O)Nc1ccc(F)cc1. The molecule has 3 rings (SSSR count). The van der Waals surface area contributed by atoms with Crippen LogP contribution >= 0.6 is 0 Å². The van der Waals surface area contributed by atoms with Crippen molar-refractivity contribution in [2.75, 3.05) is 19.0 Å². The molecule has 2 amide bonds. The van der Waals surface area contributed by atoms with E-state index in [-0.39, 0.29) is 12.2 Å². The van der Waals surface area contributed by atoms with Gasteiger partial charge in [0.25, 0.3) is 11.8 Å². The minimum absolute atomic E-state index is 0.0645. The van der Waals surface area contributed by atoms with Crippen molar-refractivity contribution in [1.29, 1.82) is 5.26 Å². The van der Waals surface area contributed by atoms with Crippen LogP contribution in [-0.2, 0) is 16.1 Å². The number of hydrogen-bond acceptors (Lipinski definition) is 5. The maximum absolute atomic E-state index is 13.0. The summed E-state index contributed by atoms with van der Waals surface area (Å²) in [5, 5.41) is 14.7. The summed E-state index contributed by atoms with van der Waals surface area (Å²) in [6, 6.07) is 21.4. The first kappa shape index (κ1) is 24.0. The summed E-state index contributed by atoms with van der Waals surface area (Å²) in [5.74, 6) is -0.699. The number of ether oxygens (including phenoxy) is 2. The van der Waals surface area contributed by atoms with Crippen LogP contribution in [0.5, 0.6) is 11.5 Å². The Bertz CT molecular complexity index is 1220. The van der Waals surface area contributed by atoms with E-state index in [1.807, 2.05) is 36.4 Å². The lowest BCUT2D eigenvalue weighted by Gasteiger charge is -2.12. The molecule has 2 N–H and O–H groups in total. The third kappa shape index (κ3) is 6.93. The summed E-state index contributed by atoms with van der Waals surface area (Å²) in [5.41, 5.74) is 1.84. The van der Waals surface area contributed by atoms with Crippen LogP contribution in [0.4, 0.5) is 10.1 Å². The number of amides is 2. The number of nitrogens with zero attached hydrogens (tertiary/aromatic N) is 1. The lowest BCUT2D eigenvalue weighted by Crippen LogP contribution is -2.23. The normalized spacial score (nSPS) is 10.7. The topological polar surface area (TPSA) is 100 Å². The predicted octanol–water partition coefficient (Wildman–Crippen LogP) is 4.08. The fourth-order valence-electron chi connectivity index (χ4n) is 2.96. The Morgan fingerprint density at radius 3 is 2.44 bits per heavy atom. The van der Waals surface area contributed by atoms with Gasteiger partial charge in [0.05, 0.1) is 7.11 Å². The van der Waals surface area contributed by atoms with Gasteiger partial charge < -0.3 is 20.1 Å². The minimum Gasteiger partial charge on any atom is -0.493 e. The van der Waals surface area contributed by atoms with Gasteiger partial charge in [-0.1, -0.05) is 36.4 Å². The molecule has 0 heterocycles. The first-order chi connectivity index (χ1) is 16.5. The van der Waals surface area contributed by atoms with Crippen LogP contribution in [0.1, 0.15) is 11.1 Å². The summed E-state index contributed by atoms with van der Waals surface area (Å²) in [4.78, 5) is 24.5. The van der Waals surface area contributed by atoms with Gasteiger partial charge >= 0.3 is 0 Å². The quantitative estimate of drug-likeness (QED) is 0.371. The number of methoxy groups -OCH3 is 1. The molecule has 34 heavy (non-hydrogen) atoms. The second-order valence-corrected chi connectivity index (χ2v) is 7.09. The Morgan fingerprint density at radius 1 is 1.03 bits per heavy atom. The lowest BCUT2D eigenvalue weighted by molar-refractivity contribution is -0.118. The van der Waals surface area contributed by atoms with Crippen molar-refractivity contribution >= 4 is 23.6 Å². The number of nitriles is 1. The first-order valence-corrected chi connectivity index (χ1v) is 10.3. The number of rotatable bonds is 9. The average molecular weight is 459 g/mol. The van der Waals surface area contributed by atoms with Crippen molar-refractivity contribution in [2.24, 2.45) is 0 Å². The van der Waals surface area contributed by atoms with Crippen molar-refractivity contribution < 1.29 is 23.5 Å². The molecular weight excluding hydrogens is 437 g/mol. The van der Waals surface area contributed by atoms with E-state index in [1.165, 1.54) is 37.5 Å². The maximum atomic E-state index is 13.0. The van der Waals surface area contributed by atoms with E-state index in [1.54, 1.807) is 18.2 Å². The average Bonchev–Trinajstić information content (AvgIpc) is 2.86. The van der Waals surface area contributed by atoms with Gasteiger partial charge in [-0.2, -0.15) is 5.26 Å². The number of nitrogens with one attached hydrogen (secondary N) is 2. The van der Waals surface area contributed by atoms with Crippen LogP contribution in [0.3, 0.4) is 0 Å². The van der Waals surface area contributed by atoms with E-state index in [0.717, 1.165) is 5.56 Å². The molecule has 7 nitrogen and oxygen atoms in total. The van der Waals surface area contributed by atoms with Crippen LogP contribution in [0.2, 0.25) is 0 Å². The van der Waals surface area contributed by atoms with E-state index >= 15 is 0 Å². The molecule has 8 heteroatoms. The summed E-state index contributed by atoms with van der Waals surface area (Å²) < 4.78 is 23.8. The summed E-state index contributed by atoms with van der Waals surface area (Å²) >= 11 is 0. The van der Waals surface area contributed by atoms with E-state index in [0.29, 0.717) is 29.3 Å². The molecule has 0 unspecified atom stereocenters. The van der Waals surface area contributed by atoms with E-state index in [9.17, 15) is 19.2 Å². The van der Waals surface area contributed by atoms with Gasteiger partial charge in [0.1, 0.15) is 17.5 Å². The van der Waals surface area contributed by atoms with Gasteiger partial charge in [-0.05, 0) is 53.6 Å². The smallest absolute Gasteiger partial charge is 0.262 e. The third-order valence-corrected chi connectivity index (χ3v) is 4.65. The van der Waals surface area contributed by atoms with E-state index in [2.05, 4.69) is 10.6 Å². The van der Waals surface area contributed by atoms with Gasteiger partial charge in [0.15, 0.2) is 18.1 Å². The lowest BCUT2D eigenvalue weighted by atomic mass is 10.1. The Hall–Kier alpha value is -4.64. The third-order valence-electron chi connectivity index (χ3n) is 4.65. The minimum atomic E-state index is -0.497. The molecule has 3 aromatic rings. The Morgan fingerprint density at radius 2 is 1.76 bits per heavy atom. The highest BCUT2D eigenvalue weighted by Gasteiger charge is 2.12. The van der Waals surface area contributed by atoms with Gasteiger partial charge in [0.2, 0.25) is 0 Å². The van der Waals surface area contributed by atoms with Crippen LogP contribution in [0, 0.1) is 17.1 Å². The molecular formula is C26H22FN3O4. The molecule has 0 spiro atoms. The van der Waals surface area contributed by atoms with Crippen LogP contribution in [0.25, 0.3) is 6.08 Å². The number of carbonyl (C=O) groups excluding carboxylic acids is 2. The first-order valence-electron chi connectivity index (χ1n) is 10.3. The van der Waals surface area contributed by atoms with Gasteiger partial charge in [0, 0.05) is 12.2 Å². The number of hydrogen-bond donors (Lipinski definition) is 2. The van der Waals surface area contributed by atoms with Gasteiger partial charge in [-0.3, -0.25) is 9.59 Å². The number of carbonyl (C=O) groups is 2. The fraction of sp³-hybridized carbons (Fsp3) is 0.115. The zero-order valence-electron chi connectivity index (χ0n) is 18.4. The molecule has 0 saturated carbocycles. The van der Waals surface area contributed by atoms with Crippen molar-refractivity contribution in [1.82, 2.24) is 5.32 Å². The molecule has 0 aromatic heterocycles. The zero-order valence-corrected chi connectivity index (χ0v) is 18.4. The number of benzene rings is 3. The summed E-state index contributed by atoms with van der Waals surface area (Å²) in [7, 11) is 1.44. The van der Waals surface area contributed by atoms with Gasteiger partial charge in [-0.25, -0.2) is 4.39 Å². The van der Waals surface area contributed by atoms with Crippen molar-refractivity contribution in [3.63, 3.8) is 0 Å². The van der Waals surface area contributed by atoms with Crippen LogP contribution in [-0.4, -0.2) is 25.5 Å². The predicted molar refractivity (Wildman–Crippen MR) is 125 cm³/mol. The standard InChI is InChI=1S/C26H22FN3O4/c1-33-24-14-19(13-20(15-28)26(32)29-16-18-5-3-2-4-6-18)7-12-23(24)34-17-25(31)30-22-10-8-21(27)9-11-22/h2-14H,16-17H2,1H3,(H,29,32)(H,30,31)/b20-13+.